The Hall–Kier alpha value is -2.83. The zero-order chi connectivity index (χ0) is 17.4. The Balaban J connectivity index is 1.47. The lowest BCUT2D eigenvalue weighted by molar-refractivity contribution is 0.0912. The Bertz CT molecular complexity index is 873. The van der Waals surface area contributed by atoms with Crippen LogP contribution in [-0.4, -0.2) is 35.6 Å². The van der Waals surface area contributed by atoms with Gasteiger partial charge in [0.05, 0.1) is 13.2 Å². The number of aromatic amines is 1. The van der Waals surface area contributed by atoms with Crippen molar-refractivity contribution in [1.82, 2.24) is 15.3 Å². The standard InChI is InChI=1S/C18H19N3O4/c1-24-14-4-2-3-11-7-12(9-25-15(11)14)20-17(22)13-8-19-16(10-5-6-10)21-18(13)23/h2-4,8,10,12H,5-7,9H2,1H3,(H,20,22)(H,19,21,23)/t12-/m1/s1. The number of carbonyl (C=O) groups excluding carboxylic acids is 1. The summed E-state index contributed by atoms with van der Waals surface area (Å²) in [5.41, 5.74) is 0.598. The van der Waals surface area contributed by atoms with E-state index in [4.69, 9.17) is 9.47 Å². The number of amides is 1. The molecule has 130 valence electrons. The molecule has 1 aliphatic carbocycles. The van der Waals surface area contributed by atoms with Crippen molar-refractivity contribution in [3.05, 3.63) is 51.7 Å². The van der Waals surface area contributed by atoms with E-state index in [1.54, 1.807) is 7.11 Å². The molecule has 7 nitrogen and oxygen atoms in total. The maximum absolute atomic E-state index is 12.4. The molecule has 1 saturated carbocycles. The van der Waals surface area contributed by atoms with E-state index in [-0.39, 0.29) is 11.6 Å². The lowest BCUT2D eigenvalue weighted by Crippen LogP contribution is -2.44. The van der Waals surface area contributed by atoms with Gasteiger partial charge in [-0.1, -0.05) is 12.1 Å². The second-order valence-electron chi connectivity index (χ2n) is 6.42. The second-order valence-corrected chi connectivity index (χ2v) is 6.42. The molecule has 0 saturated heterocycles. The number of para-hydroxylation sites is 1. The topological polar surface area (TPSA) is 93.3 Å². The number of ether oxygens (including phenoxy) is 2. The van der Waals surface area contributed by atoms with Gasteiger partial charge in [0, 0.05) is 17.7 Å². The third-order valence-electron chi connectivity index (χ3n) is 4.54. The van der Waals surface area contributed by atoms with E-state index in [0.29, 0.717) is 36.3 Å². The zero-order valence-corrected chi connectivity index (χ0v) is 13.9. The van der Waals surface area contributed by atoms with Crippen molar-refractivity contribution >= 4 is 5.91 Å². The minimum Gasteiger partial charge on any atom is -0.493 e. The van der Waals surface area contributed by atoms with E-state index in [9.17, 15) is 9.59 Å². The number of carbonyl (C=O) groups is 1. The highest BCUT2D eigenvalue weighted by Crippen LogP contribution is 2.37. The van der Waals surface area contributed by atoms with Crippen LogP contribution in [0.15, 0.2) is 29.2 Å². The minimum atomic E-state index is -0.434. The van der Waals surface area contributed by atoms with Crippen LogP contribution in [0, 0.1) is 0 Å². The fraction of sp³-hybridized carbons (Fsp3) is 0.389. The fourth-order valence-electron chi connectivity index (χ4n) is 3.05. The highest BCUT2D eigenvalue weighted by Gasteiger charge is 2.28. The molecule has 1 fully saturated rings. The van der Waals surface area contributed by atoms with Crippen LogP contribution in [0.3, 0.4) is 0 Å². The van der Waals surface area contributed by atoms with Gasteiger partial charge in [0.15, 0.2) is 11.5 Å². The number of fused-ring (bicyclic) bond motifs is 1. The molecular formula is C18H19N3O4. The predicted octanol–water partition coefficient (Wildman–Crippen LogP) is 1.39. The molecule has 0 bridgehead atoms. The SMILES string of the molecule is COc1cccc2c1OC[C@H](NC(=O)c1cnc(C3CC3)[nH]c1=O)C2. The zero-order valence-electron chi connectivity index (χ0n) is 13.9. The van der Waals surface area contributed by atoms with Crippen LogP contribution >= 0.6 is 0 Å². The molecule has 0 radical (unpaired) electrons. The molecule has 7 heteroatoms. The number of nitrogens with zero attached hydrogens (tertiary/aromatic N) is 1. The first-order chi connectivity index (χ1) is 12.2. The minimum absolute atomic E-state index is 0.0286. The fourth-order valence-corrected chi connectivity index (χ4v) is 3.05. The molecule has 2 heterocycles. The van der Waals surface area contributed by atoms with Gasteiger partial charge in [-0.15, -0.1) is 0 Å². The van der Waals surface area contributed by atoms with E-state index < -0.39 is 11.5 Å². The summed E-state index contributed by atoms with van der Waals surface area (Å²) in [5, 5.41) is 2.85. The summed E-state index contributed by atoms with van der Waals surface area (Å²) in [6.07, 6.45) is 4.06. The molecule has 2 aliphatic rings. The number of hydrogen-bond donors (Lipinski definition) is 2. The van der Waals surface area contributed by atoms with Gasteiger partial charge in [0.2, 0.25) is 0 Å². The molecular weight excluding hydrogens is 322 g/mol. The third kappa shape index (κ3) is 3.09. The van der Waals surface area contributed by atoms with Crippen molar-refractivity contribution in [1.29, 1.82) is 0 Å². The predicted molar refractivity (Wildman–Crippen MR) is 90.3 cm³/mol. The highest BCUT2D eigenvalue weighted by atomic mass is 16.5. The number of aromatic nitrogens is 2. The van der Waals surface area contributed by atoms with Crippen LogP contribution in [-0.2, 0) is 6.42 Å². The van der Waals surface area contributed by atoms with E-state index >= 15 is 0 Å². The van der Waals surface area contributed by atoms with Crippen molar-refractivity contribution in [2.45, 2.75) is 31.2 Å². The quantitative estimate of drug-likeness (QED) is 0.876. The summed E-state index contributed by atoms with van der Waals surface area (Å²) >= 11 is 0. The number of H-pyrrole nitrogens is 1. The average Bonchev–Trinajstić information content (AvgIpc) is 3.46. The summed E-state index contributed by atoms with van der Waals surface area (Å²) < 4.78 is 11.0. The lowest BCUT2D eigenvalue weighted by atomic mass is 10.0. The molecule has 2 aromatic rings. The van der Waals surface area contributed by atoms with Crippen molar-refractivity contribution < 1.29 is 14.3 Å². The Kier molecular flexibility index (Phi) is 3.91. The van der Waals surface area contributed by atoms with Gasteiger partial charge in [-0.25, -0.2) is 4.98 Å². The molecule has 1 aliphatic heterocycles. The Morgan fingerprint density at radius 1 is 1.40 bits per heavy atom. The maximum atomic E-state index is 12.4. The number of nitrogens with one attached hydrogen (secondary N) is 2. The van der Waals surface area contributed by atoms with Crippen molar-refractivity contribution in [2.75, 3.05) is 13.7 Å². The van der Waals surface area contributed by atoms with Crippen LogP contribution in [0.2, 0.25) is 0 Å². The van der Waals surface area contributed by atoms with E-state index in [1.807, 2.05) is 18.2 Å². The van der Waals surface area contributed by atoms with Crippen LogP contribution < -0.4 is 20.3 Å². The number of hydrogen-bond acceptors (Lipinski definition) is 5. The molecule has 0 spiro atoms. The normalized spacial score (nSPS) is 18.8. The van der Waals surface area contributed by atoms with Gasteiger partial charge < -0.3 is 19.8 Å². The van der Waals surface area contributed by atoms with Gasteiger partial charge in [-0.3, -0.25) is 9.59 Å². The molecule has 1 atom stereocenters. The summed E-state index contributed by atoms with van der Waals surface area (Å²) in [5.74, 6) is 1.96. The van der Waals surface area contributed by atoms with Crippen LogP contribution in [0.4, 0.5) is 0 Å². The van der Waals surface area contributed by atoms with Crippen LogP contribution in [0.25, 0.3) is 0 Å². The van der Waals surface area contributed by atoms with Crippen molar-refractivity contribution in [3.63, 3.8) is 0 Å². The number of benzene rings is 1. The third-order valence-corrected chi connectivity index (χ3v) is 4.54. The monoisotopic (exact) mass is 341 g/mol. The summed E-state index contributed by atoms with van der Waals surface area (Å²) in [6, 6.07) is 5.45. The number of methoxy groups -OCH3 is 1. The first-order valence-corrected chi connectivity index (χ1v) is 8.34. The van der Waals surface area contributed by atoms with E-state index in [2.05, 4.69) is 15.3 Å². The average molecular weight is 341 g/mol. The lowest BCUT2D eigenvalue weighted by Gasteiger charge is -2.27. The van der Waals surface area contributed by atoms with Crippen LogP contribution in [0.5, 0.6) is 11.5 Å². The van der Waals surface area contributed by atoms with Crippen molar-refractivity contribution in [3.8, 4) is 11.5 Å². The smallest absolute Gasteiger partial charge is 0.263 e. The van der Waals surface area contributed by atoms with E-state index in [1.165, 1.54) is 6.20 Å². The Morgan fingerprint density at radius 3 is 2.96 bits per heavy atom. The van der Waals surface area contributed by atoms with Crippen molar-refractivity contribution in [2.24, 2.45) is 0 Å². The molecule has 1 amide bonds. The second kappa shape index (κ2) is 6.23. The van der Waals surface area contributed by atoms with Gasteiger partial charge in [0.25, 0.3) is 11.5 Å². The van der Waals surface area contributed by atoms with Crippen LogP contribution in [0.1, 0.15) is 40.5 Å². The molecule has 1 aromatic carbocycles. The highest BCUT2D eigenvalue weighted by molar-refractivity contribution is 5.93. The Labute approximate surface area is 144 Å². The molecule has 25 heavy (non-hydrogen) atoms. The summed E-state index contributed by atoms with van der Waals surface area (Å²) in [6.45, 7) is 0.324. The van der Waals surface area contributed by atoms with Gasteiger partial charge in [0.1, 0.15) is 18.0 Å². The molecule has 4 rings (SSSR count). The molecule has 1 aromatic heterocycles. The summed E-state index contributed by atoms with van der Waals surface area (Å²) in [4.78, 5) is 31.5. The number of rotatable bonds is 4. The largest absolute Gasteiger partial charge is 0.493 e. The maximum Gasteiger partial charge on any atom is 0.263 e. The van der Waals surface area contributed by atoms with E-state index in [0.717, 1.165) is 18.4 Å². The first kappa shape index (κ1) is 15.7. The van der Waals surface area contributed by atoms with Gasteiger partial charge in [-0.2, -0.15) is 0 Å². The van der Waals surface area contributed by atoms with Gasteiger partial charge >= 0.3 is 0 Å². The molecule has 2 N–H and O–H groups in total. The summed E-state index contributed by atoms with van der Waals surface area (Å²) in [7, 11) is 1.59. The molecule has 0 unspecified atom stereocenters. The Morgan fingerprint density at radius 2 is 2.24 bits per heavy atom. The first-order valence-electron chi connectivity index (χ1n) is 8.34. The van der Waals surface area contributed by atoms with Gasteiger partial charge in [-0.05, 0) is 25.3 Å².